The number of nitrogens with one attached hydrogen (secondary N) is 1. The van der Waals surface area contributed by atoms with Crippen molar-refractivity contribution in [2.45, 2.75) is 57.4 Å². The second kappa shape index (κ2) is 2.75. The van der Waals surface area contributed by atoms with Crippen molar-refractivity contribution >= 4 is 0 Å². The molecule has 0 aromatic heterocycles. The minimum Gasteiger partial charge on any atom is -0.313 e. The van der Waals surface area contributed by atoms with Crippen LogP contribution in [0.3, 0.4) is 0 Å². The summed E-state index contributed by atoms with van der Waals surface area (Å²) in [7, 11) is 2.22. The van der Waals surface area contributed by atoms with Gasteiger partial charge < -0.3 is 5.32 Å². The summed E-state index contributed by atoms with van der Waals surface area (Å²) >= 11 is 0. The van der Waals surface area contributed by atoms with Gasteiger partial charge in [-0.25, -0.2) is 0 Å². The SMILES string of the molecule is CC[C@@]12CCC[C@]1(NC)[C@H]1CC[C@@H]2C1. The number of fused-ring (bicyclic) bond motifs is 5. The zero-order valence-electron chi connectivity index (χ0n) is 9.60. The predicted molar refractivity (Wildman–Crippen MR) is 59.2 cm³/mol. The van der Waals surface area contributed by atoms with Gasteiger partial charge in [0.1, 0.15) is 0 Å². The fourth-order valence-corrected chi connectivity index (χ4v) is 5.62. The molecule has 1 nitrogen and oxygen atoms in total. The molecule has 0 aromatic rings. The largest absolute Gasteiger partial charge is 0.313 e. The van der Waals surface area contributed by atoms with Gasteiger partial charge in [0, 0.05) is 5.54 Å². The summed E-state index contributed by atoms with van der Waals surface area (Å²) in [5, 5.41) is 3.76. The Hall–Kier alpha value is -0.0400. The summed E-state index contributed by atoms with van der Waals surface area (Å²) in [6.45, 7) is 2.43. The van der Waals surface area contributed by atoms with Gasteiger partial charge in [0.15, 0.2) is 0 Å². The minimum absolute atomic E-state index is 0.560. The monoisotopic (exact) mass is 193 g/mol. The van der Waals surface area contributed by atoms with Crippen LogP contribution in [0.1, 0.15) is 51.9 Å². The topological polar surface area (TPSA) is 12.0 Å². The molecule has 4 atom stereocenters. The predicted octanol–water partition coefficient (Wildman–Crippen LogP) is 2.95. The van der Waals surface area contributed by atoms with Crippen LogP contribution in [-0.2, 0) is 0 Å². The highest BCUT2D eigenvalue weighted by molar-refractivity contribution is 5.21. The summed E-state index contributed by atoms with van der Waals surface area (Å²) < 4.78 is 0. The van der Waals surface area contributed by atoms with Gasteiger partial charge in [-0.05, 0) is 62.8 Å². The lowest BCUT2D eigenvalue weighted by atomic mass is 9.61. The first-order chi connectivity index (χ1) is 6.79. The molecule has 3 saturated carbocycles. The molecule has 2 bridgehead atoms. The molecule has 1 N–H and O–H groups in total. The molecule has 0 aliphatic heterocycles. The minimum atomic E-state index is 0.560. The van der Waals surface area contributed by atoms with Crippen LogP contribution in [-0.4, -0.2) is 12.6 Å². The first kappa shape index (κ1) is 9.21. The highest BCUT2D eigenvalue weighted by Gasteiger charge is 2.67. The van der Waals surface area contributed by atoms with Gasteiger partial charge in [0.25, 0.3) is 0 Å². The molecule has 0 spiro atoms. The van der Waals surface area contributed by atoms with Crippen LogP contribution in [0.15, 0.2) is 0 Å². The van der Waals surface area contributed by atoms with Gasteiger partial charge >= 0.3 is 0 Å². The quantitative estimate of drug-likeness (QED) is 0.711. The van der Waals surface area contributed by atoms with E-state index in [-0.39, 0.29) is 0 Å². The first-order valence-corrected chi connectivity index (χ1v) is 6.48. The van der Waals surface area contributed by atoms with E-state index in [1.165, 1.54) is 44.9 Å². The standard InChI is InChI=1S/C13H23N/c1-3-12-7-4-8-13(12,14-2)11-6-5-10(12)9-11/h10-11,14H,3-9H2,1-2H3/t10-,11+,12+,13+/m1/s1. The van der Waals surface area contributed by atoms with Crippen LogP contribution in [0.25, 0.3) is 0 Å². The molecule has 0 saturated heterocycles. The highest BCUT2D eigenvalue weighted by Crippen LogP contribution is 2.69. The van der Waals surface area contributed by atoms with Crippen molar-refractivity contribution in [2.75, 3.05) is 7.05 Å². The Morgan fingerprint density at radius 3 is 2.64 bits per heavy atom. The fourth-order valence-electron chi connectivity index (χ4n) is 5.62. The summed E-state index contributed by atoms with van der Waals surface area (Å²) in [4.78, 5) is 0. The molecule has 0 aromatic carbocycles. The Kier molecular flexibility index (Phi) is 1.81. The number of hydrogen-bond acceptors (Lipinski definition) is 1. The molecular weight excluding hydrogens is 170 g/mol. The molecule has 3 fully saturated rings. The van der Waals surface area contributed by atoms with E-state index >= 15 is 0 Å². The van der Waals surface area contributed by atoms with Crippen LogP contribution in [0.2, 0.25) is 0 Å². The lowest BCUT2D eigenvalue weighted by molar-refractivity contribution is 0.0501. The van der Waals surface area contributed by atoms with E-state index in [9.17, 15) is 0 Å². The first-order valence-electron chi connectivity index (χ1n) is 6.48. The molecular formula is C13H23N. The van der Waals surface area contributed by atoms with E-state index in [1.807, 2.05) is 0 Å². The normalized spacial score (nSPS) is 55.3. The van der Waals surface area contributed by atoms with Gasteiger partial charge in [0.2, 0.25) is 0 Å². The van der Waals surface area contributed by atoms with Crippen molar-refractivity contribution < 1.29 is 0 Å². The molecule has 14 heavy (non-hydrogen) atoms. The Morgan fingerprint density at radius 2 is 2.00 bits per heavy atom. The lowest BCUT2D eigenvalue weighted by Gasteiger charge is -2.49. The van der Waals surface area contributed by atoms with Gasteiger partial charge in [-0.15, -0.1) is 0 Å². The van der Waals surface area contributed by atoms with Crippen molar-refractivity contribution in [1.82, 2.24) is 5.32 Å². The van der Waals surface area contributed by atoms with Crippen LogP contribution in [0.5, 0.6) is 0 Å². The van der Waals surface area contributed by atoms with Gasteiger partial charge in [0.05, 0.1) is 0 Å². The summed E-state index contributed by atoms with van der Waals surface area (Å²) in [6, 6.07) is 0. The Labute approximate surface area is 87.7 Å². The van der Waals surface area contributed by atoms with Crippen LogP contribution < -0.4 is 5.32 Å². The third-order valence-corrected chi connectivity index (χ3v) is 6.07. The van der Waals surface area contributed by atoms with E-state index in [0.29, 0.717) is 11.0 Å². The Balaban J connectivity index is 2.06. The maximum atomic E-state index is 3.76. The fraction of sp³-hybridized carbons (Fsp3) is 1.00. The smallest absolute Gasteiger partial charge is 0.0265 e. The van der Waals surface area contributed by atoms with E-state index in [0.717, 1.165) is 11.8 Å². The third-order valence-electron chi connectivity index (χ3n) is 6.07. The third kappa shape index (κ3) is 0.743. The molecule has 1 heteroatoms. The van der Waals surface area contributed by atoms with E-state index in [4.69, 9.17) is 0 Å². The van der Waals surface area contributed by atoms with Crippen LogP contribution in [0, 0.1) is 17.3 Å². The van der Waals surface area contributed by atoms with Gasteiger partial charge in [-0.1, -0.05) is 13.3 Å². The molecule has 0 radical (unpaired) electrons. The average Bonchev–Trinajstić information content (AvgIpc) is 2.88. The van der Waals surface area contributed by atoms with Crippen molar-refractivity contribution in [3.8, 4) is 0 Å². The second-order valence-corrected chi connectivity index (χ2v) is 5.79. The van der Waals surface area contributed by atoms with E-state index < -0.39 is 0 Å². The molecule has 0 unspecified atom stereocenters. The number of hydrogen-bond donors (Lipinski definition) is 1. The summed E-state index contributed by atoms with van der Waals surface area (Å²) in [6.07, 6.45) is 10.4. The zero-order chi connectivity index (χ0) is 9.81. The second-order valence-electron chi connectivity index (χ2n) is 5.79. The van der Waals surface area contributed by atoms with Crippen molar-refractivity contribution in [3.05, 3.63) is 0 Å². The van der Waals surface area contributed by atoms with Crippen molar-refractivity contribution in [1.29, 1.82) is 0 Å². The molecule has 0 heterocycles. The van der Waals surface area contributed by atoms with Crippen molar-refractivity contribution in [2.24, 2.45) is 17.3 Å². The Morgan fingerprint density at radius 1 is 1.21 bits per heavy atom. The molecule has 3 aliphatic carbocycles. The number of rotatable bonds is 2. The molecule has 3 rings (SSSR count). The molecule has 3 aliphatic rings. The average molecular weight is 193 g/mol. The van der Waals surface area contributed by atoms with Crippen molar-refractivity contribution in [3.63, 3.8) is 0 Å². The Bertz CT molecular complexity index is 226. The van der Waals surface area contributed by atoms with E-state index in [1.54, 1.807) is 0 Å². The maximum Gasteiger partial charge on any atom is 0.0265 e. The maximum absolute atomic E-state index is 3.76. The zero-order valence-corrected chi connectivity index (χ0v) is 9.60. The van der Waals surface area contributed by atoms with Crippen LogP contribution >= 0.6 is 0 Å². The van der Waals surface area contributed by atoms with E-state index in [2.05, 4.69) is 19.3 Å². The summed E-state index contributed by atoms with van der Waals surface area (Å²) in [5.41, 5.74) is 1.26. The highest BCUT2D eigenvalue weighted by atomic mass is 15.0. The summed E-state index contributed by atoms with van der Waals surface area (Å²) in [5.74, 6) is 2.08. The molecule has 80 valence electrons. The molecule has 0 amide bonds. The lowest BCUT2D eigenvalue weighted by Crippen LogP contribution is -2.57. The van der Waals surface area contributed by atoms with Crippen LogP contribution in [0.4, 0.5) is 0 Å². The van der Waals surface area contributed by atoms with Gasteiger partial charge in [-0.3, -0.25) is 0 Å². The van der Waals surface area contributed by atoms with Gasteiger partial charge in [-0.2, -0.15) is 0 Å².